The molecule has 6 heteroatoms. The van der Waals surface area contributed by atoms with Gasteiger partial charge in [-0.1, -0.05) is 0 Å². The normalized spacial score (nSPS) is 23.2. The zero-order valence-corrected chi connectivity index (χ0v) is 12.0. The number of hydrogen-bond acceptors (Lipinski definition) is 4. The quantitative estimate of drug-likeness (QED) is 0.868. The fraction of sp³-hybridized carbons (Fsp3) is 0.500. The van der Waals surface area contributed by atoms with Crippen LogP contribution in [0.5, 0.6) is 0 Å². The molecule has 2 heterocycles. The third-order valence-electron chi connectivity index (χ3n) is 3.06. The van der Waals surface area contributed by atoms with E-state index in [-0.39, 0.29) is 5.91 Å². The van der Waals surface area contributed by atoms with Crippen molar-refractivity contribution in [3.05, 3.63) is 22.3 Å². The molecule has 18 heavy (non-hydrogen) atoms. The SMILES string of the molecule is CNc1ncc(Br)cc1C(=O)N1CCC(C)(O)C1. The minimum atomic E-state index is -0.783. The number of amides is 1. The lowest BCUT2D eigenvalue weighted by atomic mass is 10.1. The molecule has 0 aliphatic carbocycles. The van der Waals surface area contributed by atoms with Crippen molar-refractivity contribution in [3.8, 4) is 0 Å². The molecule has 1 fully saturated rings. The molecule has 2 rings (SSSR count). The second-order valence-corrected chi connectivity index (χ2v) is 5.69. The maximum atomic E-state index is 12.4. The highest BCUT2D eigenvalue weighted by molar-refractivity contribution is 9.10. The van der Waals surface area contributed by atoms with Crippen molar-refractivity contribution in [2.75, 3.05) is 25.5 Å². The van der Waals surface area contributed by atoms with Gasteiger partial charge < -0.3 is 15.3 Å². The van der Waals surface area contributed by atoms with Gasteiger partial charge in [0.05, 0.1) is 11.2 Å². The van der Waals surface area contributed by atoms with Crippen LogP contribution in [0.2, 0.25) is 0 Å². The molecule has 1 amide bonds. The second-order valence-electron chi connectivity index (χ2n) is 4.77. The summed E-state index contributed by atoms with van der Waals surface area (Å²) in [6.45, 7) is 2.68. The fourth-order valence-electron chi connectivity index (χ4n) is 2.09. The number of β-amino-alcohol motifs (C(OH)–C–C–N with tert-alkyl or cyclic N) is 1. The number of nitrogens with zero attached hydrogens (tertiary/aromatic N) is 2. The summed E-state index contributed by atoms with van der Waals surface area (Å²) in [6.07, 6.45) is 2.25. The molecule has 5 nitrogen and oxygen atoms in total. The predicted octanol–water partition coefficient (Wildman–Crippen LogP) is 1.48. The lowest BCUT2D eigenvalue weighted by Crippen LogP contribution is -2.34. The zero-order valence-electron chi connectivity index (χ0n) is 10.4. The molecule has 2 N–H and O–H groups in total. The molecule has 0 bridgehead atoms. The molecular weight excluding hydrogens is 298 g/mol. The van der Waals surface area contributed by atoms with Crippen LogP contribution in [0, 0.1) is 0 Å². The largest absolute Gasteiger partial charge is 0.388 e. The van der Waals surface area contributed by atoms with Crippen molar-refractivity contribution in [1.29, 1.82) is 0 Å². The van der Waals surface area contributed by atoms with Crippen LogP contribution in [0.4, 0.5) is 5.82 Å². The van der Waals surface area contributed by atoms with Crippen molar-refractivity contribution in [1.82, 2.24) is 9.88 Å². The maximum absolute atomic E-state index is 12.4. The first-order chi connectivity index (χ1) is 8.43. The summed E-state index contributed by atoms with van der Waals surface area (Å²) < 4.78 is 0.760. The van der Waals surface area contributed by atoms with Crippen molar-refractivity contribution in [2.24, 2.45) is 0 Å². The van der Waals surface area contributed by atoms with Gasteiger partial charge in [-0.2, -0.15) is 0 Å². The number of rotatable bonds is 2. The van der Waals surface area contributed by atoms with E-state index >= 15 is 0 Å². The van der Waals surface area contributed by atoms with Crippen LogP contribution in [0.15, 0.2) is 16.7 Å². The first-order valence-electron chi connectivity index (χ1n) is 5.78. The Labute approximate surface area is 114 Å². The summed E-state index contributed by atoms with van der Waals surface area (Å²) >= 11 is 3.31. The number of hydrogen-bond donors (Lipinski definition) is 2. The highest BCUT2D eigenvalue weighted by atomic mass is 79.9. The lowest BCUT2D eigenvalue weighted by molar-refractivity contribution is 0.0572. The van der Waals surface area contributed by atoms with Gasteiger partial charge in [-0.15, -0.1) is 0 Å². The smallest absolute Gasteiger partial charge is 0.257 e. The van der Waals surface area contributed by atoms with Crippen LogP contribution in [0.25, 0.3) is 0 Å². The first-order valence-corrected chi connectivity index (χ1v) is 6.57. The van der Waals surface area contributed by atoms with Crippen LogP contribution in [-0.4, -0.2) is 46.6 Å². The van der Waals surface area contributed by atoms with E-state index in [1.807, 2.05) is 0 Å². The minimum absolute atomic E-state index is 0.106. The molecule has 1 atom stereocenters. The Kier molecular flexibility index (Phi) is 3.59. The number of anilines is 1. The number of nitrogens with one attached hydrogen (secondary N) is 1. The molecular formula is C12H16BrN3O2. The number of halogens is 1. The van der Waals surface area contributed by atoms with E-state index in [4.69, 9.17) is 0 Å². The standard InChI is InChI=1S/C12H16BrN3O2/c1-12(18)3-4-16(7-12)11(17)9-5-8(13)6-15-10(9)14-2/h5-6,18H,3-4,7H2,1-2H3,(H,14,15). The average molecular weight is 314 g/mol. The summed E-state index contributed by atoms with van der Waals surface area (Å²) in [6, 6.07) is 1.74. The molecule has 1 saturated heterocycles. The number of aliphatic hydroxyl groups is 1. The van der Waals surface area contributed by atoms with E-state index in [2.05, 4.69) is 26.2 Å². The molecule has 0 saturated carbocycles. The number of carbonyl (C=O) groups excluding carboxylic acids is 1. The van der Waals surface area contributed by atoms with Gasteiger partial charge in [0.15, 0.2) is 0 Å². The van der Waals surface area contributed by atoms with Crippen LogP contribution >= 0.6 is 15.9 Å². The molecule has 0 radical (unpaired) electrons. The Bertz CT molecular complexity index is 476. The molecule has 1 aromatic rings. The molecule has 1 aromatic heterocycles. The average Bonchev–Trinajstić information content (AvgIpc) is 2.68. The molecule has 1 aliphatic rings. The van der Waals surface area contributed by atoms with Gasteiger partial charge in [0.1, 0.15) is 5.82 Å². The van der Waals surface area contributed by atoms with E-state index < -0.39 is 5.60 Å². The van der Waals surface area contributed by atoms with Crippen LogP contribution in [-0.2, 0) is 0 Å². The summed E-state index contributed by atoms with van der Waals surface area (Å²) in [5.41, 5.74) is -0.265. The number of aromatic nitrogens is 1. The minimum Gasteiger partial charge on any atom is -0.388 e. The fourth-order valence-corrected chi connectivity index (χ4v) is 2.42. The van der Waals surface area contributed by atoms with Crippen molar-refractivity contribution in [3.63, 3.8) is 0 Å². The Morgan fingerprint density at radius 1 is 1.67 bits per heavy atom. The zero-order chi connectivity index (χ0) is 13.3. The van der Waals surface area contributed by atoms with Gasteiger partial charge in [0, 0.05) is 30.8 Å². The number of pyridine rings is 1. The predicted molar refractivity (Wildman–Crippen MR) is 72.6 cm³/mol. The number of likely N-dealkylation sites (tertiary alicyclic amines) is 1. The third-order valence-corrected chi connectivity index (χ3v) is 3.49. The molecule has 1 aliphatic heterocycles. The third kappa shape index (κ3) is 2.64. The summed E-state index contributed by atoms with van der Waals surface area (Å²) in [5.74, 6) is 0.445. The van der Waals surface area contributed by atoms with Crippen LogP contribution in [0.1, 0.15) is 23.7 Å². The van der Waals surface area contributed by atoms with Crippen LogP contribution in [0.3, 0.4) is 0 Å². The van der Waals surface area contributed by atoms with E-state index in [1.54, 1.807) is 31.1 Å². The molecule has 1 unspecified atom stereocenters. The van der Waals surface area contributed by atoms with E-state index in [0.29, 0.717) is 30.9 Å². The lowest BCUT2D eigenvalue weighted by Gasteiger charge is -2.20. The second kappa shape index (κ2) is 4.85. The monoisotopic (exact) mass is 313 g/mol. The Balaban J connectivity index is 2.26. The van der Waals surface area contributed by atoms with Gasteiger partial charge in [-0.25, -0.2) is 4.98 Å². The first kappa shape index (κ1) is 13.3. The molecule has 0 aromatic carbocycles. The van der Waals surface area contributed by atoms with Gasteiger partial charge in [-0.3, -0.25) is 4.79 Å². The van der Waals surface area contributed by atoms with E-state index in [0.717, 1.165) is 4.47 Å². The maximum Gasteiger partial charge on any atom is 0.257 e. The van der Waals surface area contributed by atoms with Crippen molar-refractivity contribution in [2.45, 2.75) is 18.9 Å². The van der Waals surface area contributed by atoms with E-state index in [9.17, 15) is 9.90 Å². The number of carbonyl (C=O) groups is 1. The highest BCUT2D eigenvalue weighted by Crippen LogP contribution is 2.25. The topological polar surface area (TPSA) is 65.5 Å². The van der Waals surface area contributed by atoms with Gasteiger partial charge in [-0.05, 0) is 35.3 Å². The van der Waals surface area contributed by atoms with Crippen molar-refractivity contribution >= 4 is 27.7 Å². The van der Waals surface area contributed by atoms with Gasteiger partial charge in [0.2, 0.25) is 0 Å². The molecule has 0 spiro atoms. The Hall–Kier alpha value is -1.14. The van der Waals surface area contributed by atoms with Gasteiger partial charge in [0.25, 0.3) is 5.91 Å². The van der Waals surface area contributed by atoms with Gasteiger partial charge >= 0.3 is 0 Å². The summed E-state index contributed by atoms with van der Waals surface area (Å²) in [5, 5.41) is 12.8. The Morgan fingerprint density at radius 3 is 2.94 bits per heavy atom. The summed E-state index contributed by atoms with van der Waals surface area (Å²) in [4.78, 5) is 18.2. The Morgan fingerprint density at radius 2 is 2.39 bits per heavy atom. The highest BCUT2D eigenvalue weighted by Gasteiger charge is 2.35. The van der Waals surface area contributed by atoms with Crippen molar-refractivity contribution < 1.29 is 9.90 Å². The molecule has 98 valence electrons. The van der Waals surface area contributed by atoms with Crippen LogP contribution < -0.4 is 5.32 Å². The van der Waals surface area contributed by atoms with E-state index in [1.165, 1.54) is 0 Å². The summed E-state index contributed by atoms with van der Waals surface area (Å²) in [7, 11) is 1.73.